The maximum atomic E-state index is 13.7. The summed E-state index contributed by atoms with van der Waals surface area (Å²) in [5.74, 6) is -0.317. The predicted octanol–water partition coefficient (Wildman–Crippen LogP) is 7.86. The molecular weight excluding hydrogens is 520 g/mol. The molecule has 226 valence electrons. The van der Waals surface area contributed by atoms with Crippen LogP contribution in [0, 0.1) is 18.8 Å². The number of H-pyrrole nitrogens is 1. The van der Waals surface area contributed by atoms with E-state index in [0.717, 1.165) is 51.6 Å². The van der Waals surface area contributed by atoms with Crippen LogP contribution < -0.4 is 5.56 Å². The average molecular weight is 569 g/mol. The smallest absolute Gasteiger partial charge is 0.344 e. The van der Waals surface area contributed by atoms with E-state index in [1.54, 1.807) is 31.2 Å². The summed E-state index contributed by atoms with van der Waals surface area (Å²) in [7, 11) is 0. The number of carbonyl (C=O) groups excluding carboxylic acids is 2. The fraction of sp³-hybridized carbons (Fsp3) is 0.594. The molecule has 1 aromatic carbocycles. The fourth-order valence-corrected chi connectivity index (χ4v) is 4.93. The number of aromatic nitrogens is 1. The monoisotopic (exact) mass is 568 g/mol. The number of aromatic amines is 1. The quantitative estimate of drug-likeness (QED) is 0.148. The molecule has 2 rings (SSSR count). The van der Waals surface area contributed by atoms with Crippen LogP contribution in [-0.2, 0) is 4.74 Å². The Morgan fingerprint density at radius 1 is 0.927 bits per heavy atom. The van der Waals surface area contributed by atoms with E-state index in [4.69, 9.17) is 4.74 Å². The van der Waals surface area contributed by atoms with Gasteiger partial charge < -0.3 is 14.7 Å². The number of unbranched alkanes of at least 4 members (excludes halogenated alkanes) is 2. The molecule has 0 fully saturated rings. The largest absolute Gasteiger partial charge is 0.493 e. The second kappa shape index (κ2) is 17.4. The molecule has 0 radical (unpaired) electrons. The molecule has 9 heteroatoms. The Labute approximate surface area is 244 Å². The van der Waals surface area contributed by atoms with Crippen LogP contribution in [0.3, 0.4) is 0 Å². The molecule has 9 nitrogen and oxygen atoms in total. The fourth-order valence-electron chi connectivity index (χ4n) is 4.93. The summed E-state index contributed by atoms with van der Waals surface area (Å²) in [5.41, 5.74) is 0.192. The Bertz CT molecular complexity index is 1190. The van der Waals surface area contributed by atoms with Crippen molar-refractivity contribution >= 4 is 23.3 Å². The third-order valence-corrected chi connectivity index (χ3v) is 7.60. The number of amides is 1. The van der Waals surface area contributed by atoms with Crippen LogP contribution in [0.4, 0.5) is 11.4 Å². The molecule has 2 unspecified atom stereocenters. The van der Waals surface area contributed by atoms with Crippen molar-refractivity contribution in [3.05, 3.63) is 51.3 Å². The first kappa shape index (κ1) is 33.7. The van der Waals surface area contributed by atoms with Gasteiger partial charge >= 0.3 is 5.97 Å². The number of azo groups is 1. The SMILES string of the molecule is CCCCC(CC)CN(CC(CC)CCCC)C(=O)c1ccc(/N=N/c2c(O)[nH]c(=O)c(C(=O)OCC)c2C)cc1. The number of carbonyl (C=O) groups is 2. The van der Waals surface area contributed by atoms with Gasteiger partial charge in [-0.15, -0.1) is 5.11 Å². The summed E-state index contributed by atoms with van der Waals surface area (Å²) in [6, 6.07) is 6.88. The van der Waals surface area contributed by atoms with Gasteiger partial charge in [-0.25, -0.2) is 4.79 Å². The van der Waals surface area contributed by atoms with E-state index < -0.39 is 17.4 Å². The highest BCUT2D eigenvalue weighted by molar-refractivity contribution is 5.94. The molecule has 2 atom stereocenters. The van der Waals surface area contributed by atoms with Gasteiger partial charge in [0, 0.05) is 24.2 Å². The van der Waals surface area contributed by atoms with Crippen LogP contribution in [0.25, 0.3) is 0 Å². The molecule has 2 N–H and O–H groups in total. The molecule has 41 heavy (non-hydrogen) atoms. The number of hydrogen-bond acceptors (Lipinski definition) is 7. The summed E-state index contributed by atoms with van der Waals surface area (Å²) < 4.78 is 4.95. The van der Waals surface area contributed by atoms with E-state index in [2.05, 4.69) is 42.9 Å². The Balaban J connectivity index is 2.29. The van der Waals surface area contributed by atoms with E-state index >= 15 is 0 Å². The van der Waals surface area contributed by atoms with Crippen molar-refractivity contribution in [2.45, 2.75) is 92.9 Å². The lowest BCUT2D eigenvalue weighted by Gasteiger charge is -2.31. The number of pyridine rings is 1. The molecule has 2 aromatic rings. The van der Waals surface area contributed by atoms with E-state index in [9.17, 15) is 19.5 Å². The minimum atomic E-state index is -0.796. The lowest BCUT2D eigenvalue weighted by Crippen LogP contribution is -2.39. The van der Waals surface area contributed by atoms with E-state index in [1.165, 1.54) is 19.8 Å². The summed E-state index contributed by atoms with van der Waals surface area (Å²) in [4.78, 5) is 42.4. The van der Waals surface area contributed by atoms with Crippen LogP contribution in [0.15, 0.2) is 39.3 Å². The molecular formula is C32H48N4O5. The molecule has 0 spiro atoms. The maximum Gasteiger partial charge on any atom is 0.344 e. The molecule has 0 saturated carbocycles. The first-order valence-corrected chi connectivity index (χ1v) is 15.1. The number of esters is 1. The van der Waals surface area contributed by atoms with Crippen molar-refractivity contribution in [3.63, 3.8) is 0 Å². The Morgan fingerprint density at radius 2 is 1.49 bits per heavy atom. The topological polar surface area (TPSA) is 124 Å². The van der Waals surface area contributed by atoms with Gasteiger partial charge in [0.1, 0.15) is 11.3 Å². The number of nitrogens with zero attached hydrogens (tertiary/aromatic N) is 3. The average Bonchev–Trinajstić information content (AvgIpc) is 2.96. The Kier molecular flexibility index (Phi) is 14.3. The van der Waals surface area contributed by atoms with Gasteiger partial charge in [0.25, 0.3) is 11.5 Å². The third-order valence-electron chi connectivity index (χ3n) is 7.60. The van der Waals surface area contributed by atoms with Gasteiger partial charge in [-0.2, -0.15) is 5.11 Å². The number of rotatable bonds is 17. The zero-order valence-corrected chi connectivity index (χ0v) is 25.7. The summed E-state index contributed by atoms with van der Waals surface area (Å²) >= 11 is 0. The van der Waals surface area contributed by atoms with Crippen LogP contribution in [-0.4, -0.2) is 46.6 Å². The number of aromatic hydroxyl groups is 1. The Hall–Kier alpha value is -3.49. The lowest BCUT2D eigenvalue weighted by atomic mass is 9.95. The second-order valence-electron chi connectivity index (χ2n) is 10.7. The van der Waals surface area contributed by atoms with E-state index in [1.807, 2.05) is 4.90 Å². The third kappa shape index (κ3) is 9.83. The first-order valence-electron chi connectivity index (χ1n) is 15.1. The van der Waals surface area contributed by atoms with Crippen LogP contribution in [0.1, 0.15) is 112 Å². The summed E-state index contributed by atoms with van der Waals surface area (Å²) in [6.45, 7) is 13.6. The van der Waals surface area contributed by atoms with Crippen LogP contribution in [0.2, 0.25) is 0 Å². The van der Waals surface area contributed by atoms with E-state index in [0.29, 0.717) is 23.1 Å². The minimum absolute atomic E-state index is 0.0200. The van der Waals surface area contributed by atoms with Gasteiger partial charge in [-0.05, 0) is 62.8 Å². The number of ether oxygens (including phenoxy) is 1. The molecule has 1 amide bonds. The summed E-state index contributed by atoms with van der Waals surface area (Å²) in [6.07, 6.45) is 8.96. The first-order chi connectivity index (χ1) is 19.7. The molecule has 0 aliphatic carbocycles. The number of hydrogen-bond donors (Lipinski definition) is 2. The van der Waals surface area contributed by atoms with Gasteiger partial charge in [0.15, 0.2) is 0 Å². The van der Waals surface area contributed by atoms with Crippen molar-refractivity contribution in [2.75, 3.05) is 19.7 Å². The van der Waals surface area contributed by atoms with Gasteiger partial charge in [0.2, 0.25) is 5.88 Å². The van der Waals surface area contributed by atoms with E-state index in [-0.39, 0.29) is 29.3 Å². The highest BCUT2D eigenvalue weighted by atomic mass is 16.5. The van der Waals surface area contributed by atoms with Gasteiger partial charge in [-0.3, -0.25) is 14.6 Å². The zero-order chi connectivity index (χ0) is 30.4. The predicted molar refractivity (Wildman–Crippen MR) is 163 cm³/mol. The standard InChI is InChI=1S/C32H48N4O5/c1-7-12-14-23(9-3)20-36(21-24(10-4)15-13-8-2)31(39)25-16-18-26(19-17-25)34-35-28-22(6)27(32(40)41-11-5)29(37)33-30(28)38/h16-19,23-24H,7-15,20-21H2,1-6H3,(H2,33,37,38)/b35-34+. The van der Waals surface area contributed by atoms with Crippen LogP contribution in [0.5, 0.6) is 5.88 Å². The highest BCUT2D eigenvalue weighted by Gasteiger charge is 2.23. The highest BCUT2D eigenvalue weighted by Crippen LogP contribution is 2.31. The lowest BCUT2D eigenvalue weighted by molar-refractivity contribution is 0.0523. The molecule has 0 aliphatic heterocycles. The zero-order valence-electron chi connectivity index (χ0n) is 25.7. The molecule has 1 heterocycles. The Morgan fingerprint density at radius 3 is 1.98 bits per heavy atom. The van der Waals surface area contributed by atoms with Crippen molar-refractivity contribution in [3.8, 4) is 5.88 Å². The second-order valence-corrected chi connectivity index (χ2v) is 10.7. The summed E-state index contributed by atoms with van der Waals surface area (Å²) in [5, 5.41) is 18.5. The van der Waals surface area contributed by atoms with Gasteiger partial charge in [0.05, 0.1) is 12.3 Å². The molecule has 0 saturated heterocycles. The minimum Gasteiger partial charge on any atom is -0.493 e. The van der Waals surface area contributed by atoms with Crippen molar-refractivity contribution in [2.24, 2.45) is 22.1 Å². The van der Waals surface area contributed by atoms with Crippen LogP contribution >= 0.6 is 0 Å². The molecule has 0 aliphatic rings. The number of benzene rings is 1. The van der Waals surface area contributed by atoms with Crippen molar-refractivity contribution in [1.82, 2.24) is 9.88 Å². The van der Waals surface area contributed by atoms with Gasteiger partial charge in [-0.1, -0.05) is 66.2 Å². The molecule has 0 bridgehead atoms. The normalized spacial score (nSPS) is 12.8. The van der Waals surface area contributed by atoms with Crippen molar-refractivity contribution < 1.29 is 19.4 Å². The van der Waals surface area contributed by atoms with Crippen molar-refractivity contribution in [1.29, 1.82) is 0 Å². The number of nitrogens with one attached hydrogen (secondary N) is 1. The maximum absolute atomic E-state index is 13.7. The molecule has 1 aromatic heterocycles.